The van der Waals surface area contributed by atoms with Gasteiger partial charge in [0.05, 0.1) is 0 Å². The van der Waals surface area contributed by atoms with E-state index >= 15 is 0 Å². The van der Waals surface area contributed by atoms with Gasteiger partial charge in [0, 0.05) is 17.8 Å². The maximum Gasteiger partial charge on any atom is 0.248 e. The predicted molar refractivity (Wildman–Crippen MR) is 82.8 cm³/mol. The van der Waals surface area contributed by atoms with Crippen LogP contribution in [0, 0.1) is 0 Å². The summed E-state index contributed by atoms with van der Waals surface area (Å²) in [6.07, 6.45) is 0. The molecule has 0 radical (unpaired) electrons. The topological polar surface area (TPSA) is 55.1 Å². The summed E-state index contributed by atoms with van der Waals surface area (Å²) in [7, 11) is 0. The second-order valence-corrected chi connectivity index (χ2v) is 5.16. The summed E-state index contributed by atoms with van der Waals surface area (Å²) >= 11 is 0. The van der Waals surface area contributed by atoms with E-state index in [1.165, 1.54) is 5.56 Å². The first-order valence-corrected chi connectivity index (χ1v) is 6.79. The van der Waals surface area contributed by atoms with Crippen LogP contribution in [0.3, 0.4) is 0 Å². The second kappa shape index (κ2) is 6.24. The highest BCUT2D eigenvalue weighted by Crippen LogP contribution is 2.24. The number of amides is 1. The average molecular weight is 268 g/mol. The molecular weight excluding hydrogens is 248 g/mol. The van der Waals surface area contributed by atoms with E-state index in [-0.39, 0.29) is 0 Å². The predicted octanol–water partition coefficient (Wildman–Crippen LogP) is 3.52. The highest BCUT2D eigenvalue weighted by Gasteiger charge is 2.05. The lowest BCUT2D eigenvalue weighted by atomic mass is 10.0. The largest absolute Gasteiger partial charge is 0.381 e. The van der Waals surface area contributed by atoms with Crippen LogP contribution in [0.2, 0.25) is 0 Å². The third kappa shape index (κ3) is 3.38. The van der Waals surface area contributed by atoms with E-state index in [9.17, 15) is 4.79 Å². The van der Waals surface area contributed by atoms with Crippen LogP contribution in [-0.2, 0) is 6.54 Å². The van der Waals surface area contributed by atoms with Crippen molar-refractivity contribution in [3.05, 3.63) is 65.2 Å². The summed E-state index contributed by atoms with van der Waals surface area (Å²) < 4.78 is 0. The van der Waals surface area contributed by atoms with Crippen molar-refractivity contribution in [2.75, 3.05) is 5.32 Å². The molecule has 2 aromatic carbocycles. The lowest BCUT2D eigenvalue weighted by Crippen LogP contribution is -2.11. The molecule has 3 N–H and O–H groups in total. The van der Waals surface area contributed by atoms with Crippen molar-refractivity contribution < 1.29 is 4.79 Å². The molecule has 0 unspecified atom stereocenters. The molecule has 2 aromatic rings. The number of primary amides is 1. The number of carbonyl (C=O) groups excluding carboxylic acids is 1. The van der Waals surface area contributed by atoms with Crippen molar-refractivity contribution in [1.82, 2.24) is 0 Å². The van der Waals surface area contributed by atoms with Gasteiger partial charge in [-0.25, -0.2) is 0 Å². The zero-order valence-electron chi connectivity index (χ0n) is 11.9. The third-order valence-electron chi connectivity index (χ3n) is 3.30. The minimum Gasteiger partial charge on any atom is -0.381 e. The molecule has 0 saturated heterocycles. The summed E-state index contributed by atoms with van der Waals surface area (Å²) in [6, 6.07) is 15.7. The zero-order valence-corrected chi connectivity index (χ0v) is 11.9. The molecule has 0 saturated carbocycles. The van der Waals surface area contributed by atoms with Gasteiger partial charge in [-0.2, -0.15) is 0 Å². The van der Waals surface area contributed by atoms with Crippen LogP contribution in [0.5, 0.6) is 0 Å². The van der Waals surface area contributed by atoms with Crippen LogP contribution in [0.4, 0.5) is 5.69 Å². The molecule has 0 aliphatic carbocycles. The molecule has 20 heavy (non-hydrogen) atoms. The van der Waals surface area contributed by atoms with Crippen LogP contribution in [-0.4, -0.2) is 5.91 Å². The van der Waals surface area contributed by atoms with E-state index in [0.29, 0.717) is 11.5 Å². The number of anilines is 1. The third-order valence-corrected chi connectivity index (χ3v) is 3.30. The fraction of sp³-hybridized carbons (Fsp3) is 0.235. The number of nitrogens with two attached hydrogens (primary N) is 1. The van der Waals surface area contributed by atoms with Crippen molar-refractivity contribution in [2.24, 2.45) is 5.73 Å². The zero-order chi connectivity index (χ0) is 14.5. The summed E-state index contributed by atoms with van der Waals surface area (Å²) in [5.74, 6) is 0.0885. The lowest BCUT2D eigenvalue weighted by molar-refractivity contribution is 0.100. The van der Waals surface area contributed by atoms with Crippen LogP contribution >= 0.6 is 0 Å². The molecule has 0 fully saturated rings. The Bertz CT molecular complexity index is 588. The molecule has 3 heteroatoms. The first-order valence-electron chi connectivity index (χ1n) is 6.79. The minimum absolute atomic E-state index is 0.394. The summed E-state index contributed by atoms with van der Waals surface area (Å²) in [6.45, 7) is 5.09. The van der Waals surface area contributed by atoms with Crippen LogP contribution in [0.15, 0.2) is 48.5 Å². The van der Waals surface area contributed by atoms with Gasteiger partial charge in [0.2, 0.25) is 5.91 Å². The first kappa shape index (κ1) is 14.1. The van der Waals surface area contributed by atoms with Crippen molar-refractivity contribution in [2.45, 2.75) is 26.3 Å². The van der Waals surface area contributed by atoms with Crippen molar-refractivity contribution in [1.29, 1.82) is 0 Å². The van der Waals surface area contributed by atoms with Gasteiger partial charge >= 0.3 is 0 Å². The average Bonchev–Trinajstić information content (AvgIpc) is 2.45. The highest BCUT2D eigenvalue weighted by atomic mass is 16.1. The summed E-state index contributed by atoms with van der Waals surface area (Å²) in [4.78, 5) is 11.0. The molecule has 1 amide bonds. The molecule has 0 bridgehead atoms. The van der Waals surface area contributed by atoms with Crippen LogP contribution in [0.1, 0.15) is 41.3 Å². The van der Waals surface area contributed by atoms with Gasteiger partial charge in [-0.15, -0.1) is 0 Å². The van der Waals surface area contributed by atoms with Gasteiger partial charge in [0.1, 0.15) is 0 Å². The van der Waals surface area contributed by atoms with Crippen molar-refractivity contribution in [3.63, 3.8) is 0 Å². The van der Waals surface area contributed by atoms with Crippen LogP contribution < -0.4 is 11.1 Å². The Kier molecular flexibility index (Phi) is 4.41. The van der Waals surface area contributed by atoms with E-state index in [2.05, 4.69) is 37.4 Å². The number of para-hydroxylation sites is 1. The molecule has 0 aromatic heterocycles. The molecule has 0 aliphatic rings. The molecule has 3 nitrogen and oxygen atoms in total. The van der Waals surface area contributed by atoms with E-state index in [4.69, 9.17) is 5.73 Å². The maximum atomic E-state index is 11.0. The molecule has 0 atom stereocenters. The number of rotatable bonds is 5. The highest BCUT2D eigenvalue weighted by molar-refractivity contribution is 5.92. The van der Waals surface area contributed by atoms with Crippen molar-refractivity contribution in [3.8, 4) is 0 Å². The molecule has 104 valence electrons. The van der Waals surface area contributed by atoms with Crippen LogP contribution in [0.25, 0.3) is 0 Å². The monoisotopic (exact) mass is 268 g/mol. The summed E-state index contributed by atoms with van der Waals surface area (Å²) in [5, 5.41) is 3.44. The van der Waals surface area contributed by atoms with Gasteiger partial charge in [0.25, 0.3) is 0 Å². The molecule has 0 heterocycles. The molecule has 0 aliphatic heterocycles. The van der Waals surface area contributed by atoms with Gasteiger partial charge in [-0.1, -0.05) is 44.2 Å². The standard InChI is InChI=1S/C17H20N2O/c1-12(2)15-5-3-4-6-16(15)19-11-13-7-9-14(10-8-13)17(18)20/h3-10,12,19H,11H2,1-2H3,(H2,18,20). The Morgan fingerprint density at radius 2 is 1.75 bits per heavy atom. The fourth-order valence-corrected chi connectivity index (χ4v) is 2.15. The minimum atomic E-state index is -0.394. The number of nitrogens with one attached hydrogen (secondary N) is 1. The Balaban J connectivity index is 2.07. The first-order chi connectivity index (χ1) is 9.58. The number of hydrogen-bond donors (Lipinski definition) is 2. The number of hydrogen-bond acceptors (Lipinski definition) is 2. The Morgan fingerprint density at radius 1 is 1.10 bits per heavy atom. The lowest BCUT2D eigenvalue weighted by Gasteiger charge is -2.14. The molecule has 2 rings (SSSR count). The second-order valence-electron chi connectivity index (χ2n) is 5.16. The quantitative estimate of drug-likeness (QED) is 0.871. The smallest absolute Gasteiger partial charge is 0.248 e. The fourth-order valence-electron chi connectivity index (χ4n) is 2.15. The van der Waals surface area contributed by atoms with E-state index in [1.807, 2.05) is 18.2 Å². The van der Waals surface area contributed by atoms with E-state index in [0.717, 1.165) is 17.8 Å². The normalized spacial score (nSPS) is 10.6. The number of benzene rings is 2. The Morgan fingerprint density at radius 3 is 2.35 bits per heavy atom. The number of carbonyl (C=O) groups is 1. The van der Waals surface area contributed by atoms with Gasteiger partial charge < -0.3 is 11.1 Å². The van der Waals surface area contributed by atoms with Gasteiger partial charge in [-0.05, 0) is 35.2 Å². The SMILES string of the molecule is CC(C)c1ccccc1NCc1ccc(C(N)=O)cc1. The Labute approximate surface area is 119 Å². The summed E-state index contributed by atoms with van der Waals surface area (Å²) in [5.41, 5.74) is 9.35. The van der Waals surface area contributed by atoms with E-state index < -0.39 is 5.91 Å². The molecular formula is C17H20N2O. The molecule has 0 spiro atoms. The maximum absolute atomic E-state index is 11.0. The van der Waals surface area contributed by atoms with Crippen molar-refractivity contribution >= 4 is 11.6 Å². The van der Waals surface area contributed by atoms with Gasteiger partial charge in [-0.3, -0.25) is 4.79 Å². The van der Waals surface area contributed by atoms with E-state index in [1.54, 1.807) is 12.1 Å². The van der Waals surface area contributed by atoms with Gasteiger partial charge in [0.15, 0.2) is 0 Å². The Hall–Kier alpha value is -2.29.